The van der Waals surface area contributed by atoms with Crippen molar-refractivity contribution in [2.75, 3.05) is 26.4 Å². The van der Waals surface area contributed by atoms with E-state index in [0.29, 0.717) is 12.8 Å². The molecule has 0 bridgehead atoms. The molecule has 0 aliphatic carbocycles. The Morgan fingerprint density at radius 1 is 0.579 bits per heavy atom. The lowest BCUT2D eigenvalue weighted by molar-refractivity contribution is -0.332. The van der Waals surface area contributed by atoms with Crippen molar-refractivity contribution in [3.63, 3.8) is 0 Å². The number of rotatable bonds is 29. The summed E-state index contributed by atoms with van der Waals surface area (Å²) in [6, 6.07) is 0. The first-order valence-electron chi connectivity index (χ1n) is 20.7. The first-order chi connectivity index (χ1) is 27.5. The number of esters is 2. The number of hydrogen-bond acceptors (Lipinski definition) is 15. The zero-order valence-electron chi connectivity index (χ0n) is 33.8. The molecule has 2 rings (SSSR count). The fraction of sp³-hybridized carbons (Fsp3) is 0.762. The minimum Gasteiger partial charge on any atom is -0.462 e. The zero-order valence-corrected chi connectivity index (χ0v) is 33.8. The van der Waals surface area contributed by atoms with Crippen LogP contribution in [0.15, 0.2) is 48.6 Å². The number of aliphatic hydroxyl groups is 7. The Labute approximate surface area is 337 Å². The van der Waals surface area contributed by atoms with Gasteiger partial charge >= 0.3 is 11.9 Å². The summed E-state index contributed by atoms with van der Waals surface area (Å²) >= 11 is 0. The predicted molar refractivity (Wildman–Crippen MR) is 210 cm³/mol. The van der Waals surface area contributed by atoms with Gasteiger partial charge in [0.05, 0.1) is 19.8 Å². The Hall–Kier alpha value is -2.54. The van der Waals surface area contributed by atoms with E-state index in [2.05, 4.69) is 62.5 Å². The molecule has 0 amide bonds. The lowest BCUT2D eigenvalue weighted by Crippen LogP contribution is -2.61. The fourth-order valence-electron chi connectivity index (χ4n) is 6.09. The third-order valence-electron chi connectivity index (χ3n) is 9.57. The lowest BCUT2D eigenvalue weighted by Gasteiger charge is -2.42. The molecular weight excluding hydrogens is 744 g/mol. The highest BCUT2D eigenvalue weighted by atomic mass is 16.7. The second kappa shape index (κ2) is 30.5. The van der Waals surface area contributed by atoms with Gasteiger partial charge in [0.15, 0.2) is 18.7 Å². The van der Waals surface area contributed by atoms with Crippen LogP contribution < -0.4 is 0 Å². The van der Waals surface area contributed by atoms with E-state index in [4.69, 9.17) is 28.4 Å². The minimum atomic E-state index is -1.77. The van der Waals surface area contributed by atoms with E-state index in [-0.39, 0.29) is 19.4 Å². The van der Waals surface area contributed by atoms with Gasteiger partial charge in [-0.05, 0) is 51.4 Å². The molecule has 15 heteroatoms. The van der Waals surface area contributed by atoms with Crippen molar-refractivity contribution in [3.8, 4) is 0 Å². The van der Waals surface area contributed by atoms with Gasteiger partial charge in [-0.1, -0.05) is 94.6 Å². The third-order valence-corrected chi connectivity index (χ3v) is 9.57. The van der Waals surface area contributed by atoms with E-state index in [0.717, 1.165) is 70.6 Å². The van der Waals surface area contributed by atoms with Crippen LogP contribution in [0.1, 0.15) is 110 Å². The number of allylic oxidation sites excluding steroid dienone is 8. The van der Waals surface area contributed by atoms with Crippen molar-refractivity contribution in [2.24, 2.45) is 0 Å². The van der Waals surface area contributed by atoms with E-state index in [1.54, 1.807) is 0 Å². The zero-order chi connectivity index (χ0) is 41.8. The number of ether oxygens (including phenoxy) is 6. The lowest BCUT2D eigenvalue weighted by atomic mass is 9.98. The van der Waals surface area contributed by atoms with E-state index < -0.39 is 99.3 Å². The van der Waals surface area contributed by atoms with Crippen LogP contribution in [0.3, 0.4) is 0 Å². The fourth-order valence-corrected chi connectivity index (χ4v) is 6.09. The van der Waals surface area contributed by atoms with Crippen LogP contribution in [-0.4, -0.2) is 142 Å². The second-order valence-corrected chi connectivity index (χ2v) is 14.4. The molecule has 0 aromatic carbocycles. The van der Waals surface area contributed by atoms with E-state index in [1.807, 2.05) is 0 Å². The second-order valence-electron chi connectivity index (χ2n) is 14.4. The number of hydrogen-bond donors (Lipinski definition) is 7. The molecule has 2 aliphatic heterocycles. The SMILES string of the molecule is CC/C=C\C/C=C\C/C=C\C/C=C\CCCCCCC(=O)OC(COC(=O)CCCCCC)COC1OC(COC2OC(CO)C(O)C(O)C2O)C(O)C(O)C1O. The number of carbonyl (C=O) groups excluding carboxylic acids is 2. The van der Waals surface area contributed by atoms with Gasteiger partial charge in [-0.2, -0.15) is 0 Å². The maximum absolute atomic E-state index is 12.8. The average Bonchev–Trinajstić information content (AvgIpc) is 3.20. The average molecular weight is 815 g/mol. The predicted octanol–water partition coefficient (Wildman–Crippen LogP) is 3.20. The molecule has 7 N–H and O–H groups in total. The van der Waals surface area contributed by atoms with Gasteiger partial charge in [-0.15, -0.1) is 0 Å². The molecule has 2 fully saturated rings. The van der Waals surface area contributed by atoms with Crippen molar-refractivity contribution in [1.82, 2.24) is 0 Å². The maximum Gasteiger partial charge on any atom is 0.306 e. The molecule has 57 heavy (non-hydrogen) atoms. The molecule has 2 saturated heterocycles. The van der Waals surface area contributed by atoms with Gasteiger partial charge in [0, 0.05) is 12.8 Å². The number of carbonyl (C=O) groups is 2. The van der Waals surface area contributed by atoms with Crippen molar-refractivity contribution >= 4 is 11.9 Å². The number of unbranched alkanes of at least 4 members (excludes halogenated alkanes) is 7. The summed E-state index contributed by atoms with van der Waals surface area (Å²) in [6.07, 6.45) is 12.4. The van der Waals surface area contributed by atoms with Crippen LogP contribution in [0.4, 0.5) is 0 Å². The highest BCUT2D eigenvalue weighted by Gasteiger charge is 2.47. The third kappa shape index (κ3) is 20.3. The van der Waals surface area contributed by atoms with Crippen LogP contribution in [0.5, 0.6) is 0 Å². The molecule has 15 nitrogen and oxygen atoms in total. The van der Waals surface area contributed by atoms with Crippen molar-refractivity contribution in [1.29, 1.82) is 0 Å². The standard InChI is InChI=1S/C42H70O15/c1-3-5-7-9-10-11-12-13-14-15-16-17-18-19-20-21-23-25-34(45)55-30(27-52-33(44)24-22-8-6-4-2)28-53-41-40(51)38(49)36(47)32(57-41)29-54-42-39(50)37(48)35(46)31(26-43)56-42/h5,7,10-11,13-14,16-17,30-32,35-43,46-51H,3-4,6,8-9,12,15,18-29H2,1-2H3/b7-5-,11-10-,14-13-,17-16-. The summed E-state index contributed by atoms with van der Waals surface area (Å²) in [6.45, 7) is 2.26. The Balaban J connectivity index is 1.83. The van der Waals surface area contributed by atoms with Crippen LogP contribution in [0.2, 0.25) is 0 Å². The molecule has 11 unspecified atom stereocenters. The minimum absolute atomic E-state index is 0.135. The van der Waals surface area contributed by atoms with Crippen LogP contribution in [0.25, 0.3) is 0 Å². The highest BCUT2D eigenvalue weighted by molar-refractivity contribution is 5.70. The first kappa shape index (κ1) is 50.6. The summed E-state index contributed by atoms with van der Waals surface area (Å²) in [4.78, 5) is 25.2. The quantitative estimate of drug-likeness (QED) is 0.0327. The summed E-state index contributed by atoms with van der Waals surface area (Å²) < 4.78 is 33.1. The van der Waals surface area contributed by atoms with E-state index >= 15 is 0 Å². The summed E-state index contributed by atoms with van der Waals surface area (Å²) in [5.41, 5.74) is 0. The smallest absolute Gasteiger partial charge is 0.306 e. The van der Waals surface area contributed by atoms with Crippen LogP contribution in [-0.2, 0) is 38.0 Å². The van der Waals surface area contributed by atoms with Gasteiger partial charge in [-0.25, -0.2) is 0 Å². The molecule has 2 heterocycles. The number of aliphatic hydroxyl groups excluding tert-OH is 7. The molecule has 0 aromatic rings. The topological polar surface area (TPSA) is 231 Å². The van der Waals surface area contributed by atoms with E-state index in [1.165, 1.54) is 0 Å². The molecule has 0 radical (unpaired) electrons. The van der Waals surface area contributed by atoms with Gasteiger partial charge in [0.25, 0.3) is 0 Å². The molecule has 0 aromatic heterocycles. The summed E-state index contributed by atoms with van der Waals surface area (Å²) in [5, 5.41) is 71.5. The Bertz CT molecular complexity index is 1190. The Morgan fingerprint density at radius 3 is 1.72 bits per heavy atom. The molecule has 328 valence electrons. The largest absolute Gasteiger partial charge is 0.462 e. The highest BCUT2D eigenvalue weighted by Crippen LogP contribution is 2.26. The van der Waals surface area contributed by atoms with E-state index in [9.17, 15) is 45.3 Å². The Kier molecular flexibility index (Phi) is 27.1. The summed E-state index contributed by atoms with van der Waals surface area (Å²) in [5.74, 6) is -0.980. The Morgan fingerprint density at radius 2 is 1.11 bits per heavy atom. The van der Waals surface area contributed by atoms with Crippen LogP contribution in [0, 0.1) is 0 Å². The van der Waals surface area contributed by atoms with Gasteiger partial charge in [0.2, 0.25) is 0 Å². The normalized spacial score (nSPS) is 28.9. The summed E-state index contributed by atoms with van der Waals surface area (Å²) in [7, 11) is 0. The van der Waals surface area contributed by atoms with Gasteiger partial charge in [0.1, 0.15) is 55.4 Å². The molecule has 0 saturated carbocycles. The van der Waals surface area contributed by atoms with Gasteiger partial charge in [-0.3, -0.25) is 9.59 Å². The van der Waals surface area contributed by atoms with Crippen molar-refractivity contribution in [3.05, 3.63) is 48.6 Å². The first-order valence-corrected chi connectivity index (χ1v) is 20.7. The monoisotopic (exact) mass is 814 g/mol. The molecule has 11 atom stereocenters. The molecule has 2 aliphatic rings. The van der Waals surface area contributed by atoms with Crippen molar-refractivity contribution < 1.29 is 73.8 Å². The maximum atomic E-state index is 12.8. The molecule has 0 spiro atoms. The van der Waals surface area contributed by atoms with Crippen LogP contribution >= 0.6 is 0 Å². The van der Waals surface area contributed by atoms with Crippen molar-refractivity contribution in [2.45, 2.75) is 178 Å². The molecular formula is C42H70O15. The van der Waals surface area contributed by atoms with Gasteiger partial charge < -0.3 is 64.2 Å².